The van der Waals surface area contributed by atoms with Crippen LogP contribution >= 0.6 is 0 Å². The first kappa shape index (κ1) is 8.73. The molecule has 72 valence electrons. The van der Waals surface area contributed by atoms with Crippen LogP contribution in [0.5, 0.6) is 0 Å². The smallest absolute Gasteiger partial charge is 0.229 e. The highest BCUT2D eigenvalue weighted by atomic mass is 16.2. The minimum Gasteiger partial charge on any atom is -0.344 e. The van der Waals surface area contributed by atoms with Gasteiger partial charge in [-0.3, -0.25) is 9.59 Å². The summed E-state index contributed by atoms with van der Waals surface area (Å²) < 4.78 is 0. The van der Waals surface area contributed by atoms with E-state index in [4.69, 9.17) is 0 Å². The second-order valence-electron chi connectivity index (χ2n) is 4.34. The number of hydrogen-bond donors (Lipinski definition) is 0. The third kappa shape index (κ3) is 1.26. The fraction of sp³-hybridized carbons (Fsp3) is 0.800. The second kappa shape index (κ2) is 2.82. The number of carbonyl (C=O) groups excluding carboxylic acids is 2. The van der Waals surface area contributed by atoms with Crippen molar-refractivity contribution < 1.29 is 9.59 Å². The van der Waals surface area contributed by atoms with Gasteiger partial charge in [0.2, 0.25) is 5.91 Å². The lowest BCUT2D eigenvalue weighted by Gasteiger charge is -2.36. The van der Waals surface area contributed by atoms with Gasteiger partial charge in [-0.2, -0.15) is 0 Å². The van der Waals surface area contributed by atoms with Crippen LogP contribution in [-0.2, 0) is 9.59 Å². The maximum atomic E-state index is 11.7. The summed E-state index contributed by atoms with van der Waals surface area (Å²) in [5.74, 6) is 0.177. The Bertz CT molecular complexity index is 254. The van der Waals surface area contributed by atoms with Crippen molar-refractivity contribution in [1.29, 1.82) is 0 Å². The van der Waals surface area contributed by atoms with E-state index >= 15 is 0 Å². The Morgan fingerprint density at radius 3 is 2.46 bits per heavy atom. The van der Waals surface area contributed by atoms with Gasteiger partial charge in [-0.1, -0.05) is 12.8 Å². The van der Waals surface area contributed by atoms with Gasteiger partial charge in [-0.25, -0.2) is 0 Å². The third-order valence-electron chi connectivity index (χ3n) is 3.43. The monoisotopic (exact) mass is 181 g/mol. The highest BCUT2D eigenvalue weighted by Gasteiger charge is 2.46. The molecule has 1 saturated carbocycles. The first-order valence-corrected chi connectivity index (χ1v) is 4.91. The van der Waals surface area contributed by atoms with E-state index in [-0.39, 0.29) is 23.5 Å². The Balaban J connectivity index is 2.20. The highest BCUT2D eigenvalue weighted by molar-refractivity contribution is 6.03. The van der Waals surface area contributed by atoms with Crippen LogP contribution in [0.4, 0.5) is 0 Å². The number of piperidine rings is 1. The molecular weight excluding hydrogens is 166 g/mol. The zero-order chi connectivity index (χ0) is 9.47. The van der Waals surface area contributed by atoms with E-state index in [1.807, 2.05) is 0 Å². The largest absolute Gasteiger partial charge is 0.344 e. The number of Topliss-reactive ketones (excluding diaryl/α,β-unsaturated/α-hetero) is 1. The van der Waals surface area contributed by atoms with Crippen LogP contribution in [0.15, 0.2) is 0 Å². The summed E-state index contributed by atoms with van der Waals surface area (Å²) in [5, 5.41) is 0. The molecule has 2 aliphatic rings. The number of nitrogens with zero attached hydrogens (tertiary/aromatic N) is 1. The van der Waals surface area contributed by atoms with Gasteiger partial charge in [-0.05, 0) is 12.8 Å². The zero-order valence-electron chi connectivity index (χ0n) is 8.01. The summed E-state index contributed by atoms with van der Waals surface area (Å²) in [5.41, 5.74) is -0.150. The normalized spacial score (nSPS) is 27.3. The predicted molar refractivity (Wildman–Crippen MR) is 48.2 cm³/mol. The van der Waals surface area contributed by atoms with E-state index in [1.54, 1.807) is 11.9 Å². The average molecular weight is 181 g/mol. The van der Waals surface area contributed by atoms with Crippen molar-refractivity contribution in [3.63, 3.8) is 0 Å². The van der Waals surface area contributed by atoms with Crippen LogP contribution in [0.1, 0.15) is 32.1 Å². The minimum atomic E-state index is -0.150. The summed E-state index contributed by atoms with van der Waals surface area (Å²) >= 11 is 0. The van der Waals surface area contributed by atoms with E-state index in [0.717, 1.165) is 25.7 Å². The van der Waals surface area contributed by atoms with Gasteiger partial charge in [0.15, 0.2) is 0 Å². The molecule has 1 aliphatic heterocycles. The molecule has 3 nitrogen and oxygen atoms in total. The van der Waals surface area contributed by atoms with Crippen LogP contribution < -0.4 is 0 Å². The summed E-state index contributed by atoms with van der Waals surface area (Å²) in [6, 6.07) is 0. The number of amides is 1. The van der Waals surface area contributed by atoms with Gasteiger partial charge in [0.05, 0.1) is 6.42 Å². The molecule has 2 fully saturated rings. The van der Waals surface area contributed by atoms with Crippen molar-refractivity contribution in [1.82, 2.24) is 4.90 Å². The van der Waals surface area contributed by atoms with Crippen LogP contribution in [0.2, 0.25) is 0 Å². The van der Waals surface area contributed by atoms with E-state index in [2.05, 4.69) is 0 Å². The fourth-order valence-corrected chi connectivity index (χ4v) is 2.58. The number of hydrogen-bond acceptors (Lipinski definition) is 2. The first-order valence-electron chi connectivity index (χ1n) is 4.91. The Hall–Kier alpha value is -0.860. The maximum Gasteiger partial charge on any atom is 0.229 e. The van der Waals surface area contributed by atoms with Crippen molar-refractivity contribution in [3.05, 3.63) is 0 Å². The van der Waals surface area contributed by atoms with E-state index in [1.165, 1.54) is 0 Å². The third-order valence-corrected chi connectivity index (χ3v) is 3.43. The maximum absolute atomic E-state index is 11.7. The molecule has 13 heavy (non-hydrogen) atoms. The van der Waals surface area contributed by atoms with Gasteiger partial charge in [0, 0.05) is 19.0 Å². The van der Waals surface area contributed by atoms with Crippen LogP contribution in [0.3, 0.4) is 0 Å². The van der Waals surface area contributed by atoms with E-state index in [9.17, 15) is 9.59 Å². The number of rotatable bonds is 0. The molecule has 1 heterocycles. The van der Waals surface area contributed by atoms with Gasteiger partial charge < -0.3 is 4.90 Å². The number of carbonyl (C=O) groups is 2. The quantitative estimate of drug-likeness (QED) is 0.522. The van der Waals surface area contributed by atoms with Crippen LogP contribution in [0.25, 0.3) is 0 Å². The van der Waals surface area contributed by atoms with Crippen molar-refractivity contribution in [3.8, 4) is 0 Å². The Labute approximate surface area is 78.1 Å². The average Bonchev–Trinajstić information content (AvgIpc) is 2.51. The SMILES string of the molecule is CN1CC2(CCCC2)C(=O)CC1=O. The molecule has 0 aromatic rings. The predicted octanol–water partition coefficient (Wildman–Crippen LogP) is 0.978. The van der Waals surface area contributed by atoms with Crippen molar-refractivity contribution in [2.45, 2.75) is 32.1 Å². The van der Waals surface area contributed by atoms with Crippen LogP contribution in [-0.4, -0.2) is 30.2 Å². The first-order chi connectivity index (χ1) is 6.14. The van der Waals surface area contributed by atoms with E-state index in [0.29, 0.717) is 6.54 Å². The second-order valence-corrected chi connectivity index (χ2v) is 4.34. The molecule has 0 aromatic carbocycles. The zero-order valence-corrected chi connectivity index (χ0v) is 8.01. The molecule has 3 heteroatoms. The molecule has 0 aromatic heterocycles. The minimum absolute atomic E-state index is 0.0116. The molecular formula is C10H15NO2. The number of ketones is 1. The van der Waals surface area contributed by atoms with Gasteiger partial charge in [-0.15, -0.1) is 0 Å². The molecule has 2 rings (SSSR count). The molecule has 0 radical (unpaired) electrons. The number of likely N-dealkylation sites (tertiary alicyclic amines) is 1. The molecule has 1 amide bonds. The van der Waals surface area contributed by atoms with Gasteiger partial charge in [0.25, 0.3) is 0 Å². The Morgan fingerprint density at radius 1 is 1.23 bits per heavy atom. The van der Waals surface area contributed by atoms with E-state index < -0.39 is 0 Å². The molecule has 0 unspecified atom stereocenters. The van der Waals surface area contributed by atoms with Gasteiger partial charge >= 0.3 is 0 Å². The van der Waals surface area contributed by atoms with Crippen molar-refractivity contribution >= 4 is 11.7 Å². The lowest BCUT2D eigenvalue weighted by atomic mass is 9.77. The molecule has 0 bridgehead atoms. The standard InChI is InChI=1S/C10H15NO2/c1-11-7-10(4-2-3-5-10)8(12)6-9(11)13/h2-7H2,1H3. The summed E-state index contributed by atoms with van der Waals surface area (Å²) in [7, 11) is 1.80. The lowest BCUT2D eigenvalue weighted by Crippen LogP contribution is -2.49. The van der Waals surface area contributed by atoms with Gasteiger partial charge in [0.1, 0.15) is 5.78 Å². The molecule has 1 saturated heterocycles. The molecule has 0 atom stereocenters. The summed E-state index contributed by atoms with van der Waals surface area (Å²) in [6.45, 7) is 0.657. The topological polar surface area (TPSA) is 37.4 Å². The lowest BCUT2D eigenvalue weighted by molar-refractivity contribution is -0.146. The highest BCUT2D eigenvalue weighted by Crippen LogP contribution is 2.42. The van der Waals surface area contributed by atoms with Crippen LogP contribution in [0, 0.1) is 5.41 Å². The van der Waals surface area contributed by atoms with Crippen molar-refractivity contribution in [2.24, 2.45) is 5.41 Å². The Morgan fingerprint density at radius 2 is 1.85 bits per heavy atom. The molecule has 1 aliphatic carbocycles. The Kier molecular flexibility index (Phi) is 1.90. The molecule has 1 spiro atoms. The fourth-order valence-electron chi connectivity index (χ4n) is 2.58. The van der Waals surface area contributed by atoms with Crippen molar-refractivity contribution in [2.75, 3.05) is 13.6 Å². The molecule has 0 N–H and O–H groups in total. The summed E-state index contributed by atoms with van der Waals surface area (Å²) in [6.07, 6.45) is 4.41. The summed E-state index contributed by atoms with van der Waals surface area (Å²) in [4.78, 5) is 24.7.